The van der Waals surface area contributed by atoms with Gasteiger partial charge in [-0.05, 0) is 31.5 Å². The van der Waals surface area contributed by atoms with Crippen molar-refractivity contribution in [2.45, 2.75) is 23.3 Å². The average molecular weight is 366 g/mol. The Kier molecular flexibility index (Phi) is 6.75. The summed E-state index contributed by atoms with van der Waals surface area (Å²) in [4.78, 5) is -0.326. The van der Waals surface area contributed by atoms with Crippen molar-refractivity contribution < 1.29 is 18.3 Å². The molecule has 130 valence electrons. The number of rotatable bonds is 9. The van der Waals surface area contributed by atoms with Crippen molar-refractivity contribution in [3.05, 3.63) is 23.0 Å². The maximum absolute atomic E-state index is 13.6. The van der Waals surface area contributed by atoms with Crippen LogP contribution in [0.3, 0.4) is 0 Å². The number of anilines is 1. The summed E-state index contributed by atoms with van der Waals surface area (Å²) in [6, 6.07) is 2.29. The fourth-order valence-electron chi connectivity index (χ4n) is 2.26. The topological polar surface area (TPSA) is 93.6 Å². The molecule has 0 bridgehead atoms. The van der Waals surface area contributed by atoms with Gasteiger partial charge in [0.2, 0.25) is 0 Å². The minimum atomic E-state index is -2.39. The van der Waals surface area contributed by atoms with Crippen LogP contribution in [0.15, 0.2) is 17.0 Å². The summed E-state index contributed by atoms with van der Waals surface area (Å²) in [5.41, 5.74) is -0.209. The highest BCUT2D eigenvalue weighted by Crippen LogP contribution is 2.27. The summed E-state index contributed by atoms with van der Waals surface area (Å²) in [6.07, 6.45) is 1.74. The molecule has 1 aromatic carbocycles. The quantitative estimate of drug-likeness (QED) is 0.333. The molecular formula is C14H21ClFN3O3S. The van der Waals surface area contributed by atoms with E-state index in [4.69, 9.17) is 16.2 Å². The van der Waals surface area contributed by atoms with Gasteiger partial charge in [0.25, 0.3) is 0 Å². The van der Waals surface area contributed by atoms with Crippen LogP contribution >= 0.6 is 11.6 Å². The second-order valence-corrected chi connectivity index (χ2v) is 7.00. The first-order chi connectivity index (χ1) is 10.9. The van der Waals surface area contributed by atoms with Crippen molar-refractivity contribution in [2.75, 3.05) is 38.0 Å². The first-order valence-corrected chi connectivity index (χ1v) is 8.87. The van der Waals surface area contributed by atoms with Gasteiger partial charge in [0, 0.05) is 26.2 Å². The Balaban J connectivity index is 1.66. The number of hydrogen-bond acceptors (Lipinski definition) is 5. The van der Waals surface area contributed by atoms with E-state index in [0.717, 1.165) is 31.5 Å². The van der Waals surface area contributed by atoms with Crippen LogP contribution in [-0.4, -0.2) is 52.2 Å². The molecule has 1 atom stereocenters. The molecule has 5 N–H and O–H groups in total. The van der Waals surface area contributed by atoms with E-state index in [-0.39, 0.29) is 9.92 Å². The molecule has 6 nitrogen and oxygen atoms in total. The Morgan fingerprint density at radius 2 is 2.04 bits per heavy atom. The zero-order chi connectivity index (χ0) is 16.9. The lowest BCUT2D eigenvalue weighted by Gasteiger charge is -2.37. The Morgan fingerprint density at radius 3 is 2.65 bits per heavy atom. The van der Waals surface area contributed by atoms with E-state index in [1.807, 2.05) is 0 Å². The lowest BCUT2D eigenvalue weighted by molar-refractivity contribution is -0.00821. The summed E-state index contributed by atoms with van der Waals surface area (Å²) in [6.45, 7) is 3.22. The van der Waals surface area contributed by atoms with Gasteiger partial charge in [0.1, 0.15) is 16.3 Å². The molecular weight excluding hydrogens is 345 g/mol. The smallest absolute Gasteiger partial charge is 0.189 e. The molecule has 2 rings (SSSR count). The fraction of sp³-hybridized carbons (Fsp3) is 0.571. The molecule has 9 heteroatoms. The Labute approximate surface area is 142 Å². The van der Waals surface area contributed by atoms with Crippen molar-refractivity contribution in [3.8, 4) is 0 Å². The highest BCUT2D eigenvalue weighted by atomic mass is 35.5. The fourth-order valence-corrected chi connectivity index (χ4v) is 3.00. The van der Waals surface area contributed by atoms with E-state index in [9.17, 15) is 13.7 Å². The third-order valence-electron chi connectivity index (χ3n) is 3.67. The van der Waals surface area contributed by atoms with Gasteiger partial charge in [-0.2, -0.15) is 0 Å². The van der Waals surface area contributed by atoms with Crippen LogP contribution in [0.25, 0.3) is 0 Å². The van der Waals surface area contributed by atoms with Crippen LogP contribution in [0.5, 0.6) is 0 Å². The van der Waals surface area contributed by atoms with Gasteiger partial charge in [0.05, 0.1) is 10.7 Å². The molecule has 0 amide bonds. The van der Waals surface area contributed by atoms with Crippen LogP contribution in [0.4, 0.5) is 10.1 Å². The van der Waals surface area contributed by atoms with Crippen molar-refractivity contribution >= 4 is 28.4 Å². The Bertz CT molecular complexity index is 572. The van der Waals surface area contributed by atoms with E-state index in [2.05, 4.69) is 16.0 Å². The zero-order valence-corrected chi connectivity index (χ0v) is 14.1. The predicted octanol–water partition coefficient (Wildman–Crippen LogP) is 1.18. The third kappa shape index (κ3) is 5.37. The van der Waals surface area contributed by atoms with Crippen molar-refractivity contribution in [3.63, 3.8) is 0 Å². The molecule has 1 heterocycles. The second-order valence-electron chi connectivity index (χ2n) is 5.65. The molecule has 1 saturated heterocycles. The third-order valence-corrected chi connectivity index (χ3v) is 4.67. The SMILES string of the molecule is O=S(O)c1cc(Cl)c(NCCCCNCC2(O)CNC2)cc1F. The van der Waals surface area contributed by atoms with Gasteiger partial charge >= 0.3 is 0 Å². The molecule has 0 spiro atoms. The average Bonchev–Trinajstić information content (AvgIpc) is 2.47. The largest absolute Gasteiger partial charge is 0.386 e. The van der Waals surface area contributed by atoms with Crippen molar-refractivity contribution in [2.24, 2.45) is 0 Å². The number of β-amino-alcohol motifs (C(OH)–C–C–N with tert-alkyl or cyclic N) is 1. The highest BCUT2D eigenvalue weighted by Gasteiger charge is 2.33. The van der Waals surface area contributed by atoms with Crippen LogP contribution < -0.4 is 16.0 Å². The number of halogens is 2. The van der Waals surface area contributed by atoms with Crippen LogP contribution in [0.1, 0.15) is 12.8 Å². The minimum absolute atomic E-state index is 0.210. The summed E-state index contributed by atoms with van der Waals surface area (Å²) in [5.74, 6) is -0.762. The molecule has 0 radical (unpaired) electrons. The summed E-state index contributed by atoms with van der Waals surface area (Å²) >= 11 is 3.57. The molecule has 0 aromatic heterocycles. The minimum Gasteiger partial charge on any atom is -0.386 e. The van der Waals surface area contributed by atoms with Crippen LogP contribution in [-0.2, 0) is 11.1 Å². The summed E-state index contributed by atoms with van der Waals surface area (Å²) < 4.78 is 33.4. The van der Waals surface area contributed by atoms with Crippen molar-refractivity contribution in [1.29, 1.82) is 0 Å². The zero-order valence-electron chi connectivity index (χ0n) is 12.6. The van der Waals surface area contributed by atoms with Gasteiger partial charge in [0.15, 0.2) is 11.1 Å². The van der Waals surface area contributed by atoms with Crippen LogP contribution in [0.2, 0.25) is 5.02 Å². The predicted molar refractivity (Wildman–Crippen MR) is 88.9 cm³/mol. The molecule has 1 aliphatic rings. The maximum atomic E-state index is 13.6. The molecule has 1 fully saturated rings. The molecule has 23 heavy (non-hydrogen) atoms. The first-order valence-electron chi connectivity index (χ1n) is 7.39. The number of benzene rings is 1. The molecule has 0 aliphatic carbocycles. The number of nitrogens with one attached hydrogen (secondary N) is 3. The van der Waals surface area contributed by atoms with Crippen LogP contribution in [0, 0.1) is 5.82 Å². The number of hydrogen-bond donors (Lipinski definition) is 5. The van der Waals surface area contributed by atoms with E-state index in [1.165, 1.54) is 0 Å². The van der Waals surface area contributed by atoms with Gasteiger partial charge in [-0.3, -0.25) is 0 Å². The molecule has 1 aliphatic heterocycles. The monoisotopic (exact) mass is 365 g/mol. The number of unbranched alkanes of at least 4 members (excludes halogenated alkanes) is 1. The summed E-state index contributed by atoms with van der Waals surface area (Å²) in [5, 5.41) is 19.3. The summed E-state index contributed by atoms with van der Waals surface area (Å²) in [7, 11) is 0. The van der Waals surface area contributed by atoms with E-state index < -0.39 is 22.5 Å². The van der Waals surface area contributed by atoms with Gasteiger partial charge in [-0.25, -0.2) is 8.60 Å². The van der Waals surface area contributed by atoms with Crippen molar-refractivity contribution in [1.82, 2.24) is 10.6 Å². The van der Waals surface area contributed by atoms with Gasteiger partial charge < -0.3 is 25.6 Å². The van der Waals surface area contributed by atoms with Gasteiger partial charge in [-0.15, -0.1) is 0 Å². The molecule has 1 unspecified atom stereocenters. The van der Waals surface area contributed by atoms with Gasteiger partial charge in [-0.1, -0.05) is 11.6 Å². The van der Waals surface area contributed by atoms with E-state index >= 15 is 0 Å². The highest BCUT2D eigenvalue weighted by molar-refractivity contribution is 7.79. The Hall–Kier alpha value is -0.770. The molecule has 0 saturated carbocycles. The van der Waals surface area contributed by atoms with E-state index in [1.54, 1.807) is 0 Å². The first kappa shape index (κ1) is 18.6. The Morgan fingerprint density at radius 1 is 1.35 bits per heavy atom. The lowest BCUT2D eigenvalue weighted by Crippen LogP contribution is -2.64. The second kappa shape index (κ2) is 8.36. The maximum Gasteiger partial charge on any atom is 0.189 e. The lowest BCUT2D eigenvalue weighted by atomic mass is 9.97. The normalized spacial score (nSPS) is 17.6. The standard InChI is InChI=1S/C14H21ClFN3O3S/c15-10-5-13(23(21)22)11(16)6-12(10)19-4-2-1-3-17-7-14(20)8-18-9-14/h5-6,17-20H,1-4,7-9H2,(H,21,22). The number of aliphatic hydroxyl groups is 1. The van der Waals surface area contributed by atoms with E-state index in [0.29, 0.717) is 31.9 Å². The molecule has 1 aromatic rings.